The Morgan fingerprint density at radius 1 is 1.27 bits per heavy atom. The third-order valence-corrected chi connectivity index (χ3v) is 4.80. The molecule has 9 heteroatoms. The molecule has 0 saturated heterocycles. The number of hydrogen-bond acceptors (Lipinski definition) is 8. The lowest BCUT2D eigenvalue weighted by Gasteiger charge is -2.14. The Morgan fingerprint density at radius 2 is 2.00 bits per heavy atom. The topological polar surface area (TPSA) is 98.9 Å². The zero-order valence-corrected chi connectivity index (χ0v) is 17.9. The van der Waals surface area contributed by atoms with Crippen molar-refractivity contribution >= 4 is 28.4 Å². The SMILES string of the molecule is COc1cc(/C=N\Nc2nc(-c3ccc(C)cc3)cs2)cc([N+](=O)[O-])c1OC(C)C. The van der Waals surface area contributed by atoms with Crippen LogP contribution in [0.5, 0.6) is 11.5 Å². The summed E-state index contributed by atoms with van der Waals surface area (Å²) in [5.41, 5.74) is 6.24. The fraction of sp³-hybridized carbons (Fsp3) is 0.238. The van der Waals surface area contributed by atoms with Crippen molar-refractivity contribution in [3.63, 3.8) is 0 Å². The maximum absolute atomic E-state index is 11.5. The number of nitro groups is 1. The van der Waals surface area contributed by atoms with Gasteiger partial charge in [0.15, 0.2) is 5.75 Å². The molecule has 0 saturated carbocycles. The van der Waals surface area contributed by atoms with Crippen LogP contribution in [0.4, 0.5) is 10.8 Å². The van der Waals surface area contributed by atoms with Gasteiger partial charge in [-0.05, 0) is 26.8 Å². The smallest absolute Gasteiger partial charge is 0.315 e. The number of aryl methyl sites for hydroxylation is 1. The molecule has 8 nitrogen and oxygen atoms in total. The predicted octanol–water partition coefficient (Wildman–Crippen LogP) is 5.27. The van der Waals surface area contributed by atoms with Crippen LogP contribution in [0, 0.1) is 17.0 Å². The molecule has 0 aliphatic heterocycles. The highest BCUT2D eigenvalue weighted by Crippen LogP contribution is 2.38. The van der Waals surface area contributed by atoms with E-state index in [1.54, 1.807) is 19.9 Å². The fourth-order valence-corrected chi connectivity index (χ4v) is 3.34. The van der Waals surface area contributed by atoms with Crippen LogP contribution in [0.25, 0.3) is 11.3 Å². The number of methoxy groups -OCH3 is 1. The molecule has 1 N–H and O–H groups in total. The molecule has 0 spiro atoms. The molecule has 1 heterocycles. The Morgan fingerprint density at radius 3 is 2.63 bits per heavy atom. The highest BCUT2D eigenvalue weighted by atomic mass is 32.1. The van der Waals surface area contributed by atoms with Gasteiger partial charge in [-0.2, -0.15) is 5.10 Å². The summed E-state index contributed by atoms with van der Waals surface area (Å²) in [5, 5.41) is 18.2. The van der Waals surface area contributed by atoms with Gasteiger partial charge in [-0.3, -0.25) is 15.5 Å². The van der Waals surface area contributed by atoms with Gasteiger partial charge < -0.3 is 9.47 Å². The van der Waals surface area contributed by atoms with Gasteiger partial charge in [0.25, 0.3) is 0 Å². The second-order valence-electron chi connectivity index (χ2n) is 6.77. The first-order valence-electron chi connectivity index (χ1n) is 9.22. The number of rotatable bonds is 8. The number of hydrazone groups is 1. The molecule has 30 heavy (non-hydrogen) atoms. The Balaban J connectivity index is 1.78. The molecule has 0 atom stereocenters. The minimum atomic E-state index is -0.500. The van der Waals surface area contributed by atoms with Crippen LogP contribution in [0.2, 0.25) is 0 Å². The first-order valence-corrected chi connectivity index (χ1v) is 10.1. The molecule has 0 aliphatic carbocycles. The third kappa shape index (κ3) is 5.12. The van der Waals surface area contributed by atoms with E-state index in [1.165, 1.54) is 36.3 Å². The van der Waals surface area contributed by atoms with Crippen molar-refractivity contribution in [3.8, 4) is 22.8 Å². The number of aromatic nitrogens is 1. The van der Waals surface area contributed by atoms with Crippen molar-refractivity contribution in [3.05, 3.63) is 63.0 Å². The number of ether oxygens (including phenoxy) is 2. The molecule has 1 aromatic heterocycles. The number of thiazole rings is 1. The summed E-state index contributed by atoms with van der Waals surface area (Å²) in [6.07, 6.45) is 1.24. The quantitative estimate of drug-likeness (QED) is 0.299. The number of benzene rings is 2. The van der Waals surface area contributed by atoms with Gasteiger partial charge >= 0.3 is 5.69 Å². The van der Waals surface area contributed by atoms with Crippen LogP contribution in [-0.4, -0.2) is 29.3 Å². The normalized spacial score (nSPS) is 11.1. The molecule has 0 fully saturated rings. The van der Waals surface area contributed by atoms with E-state index in [4.69, 9.17) is 9.47 Å². The van der Waals surface area contributed by atoms with Crippen molar-refractivity contribution in [1.29, 1.82) is 0 Å². The van der Waals surface area contributed by atoms with Gasteiger partial charge in [0.1, 0.15) is 0 Å². The van der Waals surface area contributed by atoms with E-state index < -0.39 is 4.92 Å². The first kappa shape index (κ1) is 21.3. The summed E-state index contributed by atoms with van der Waals surface area (Å²) in [4.78, 5) is 15.5. The van der Waals surface area contributed by atoms with Crippen molar-refractivity contribution in [1.82, 2.24) is 4.98 Å². The summed E-state index contributed by atoms with van der Waals surface area (Å²) >= 11 is 1.42. The molecule has 0 radical (unpaired) electrons. The van der Waals surface area contributed by atoms with Crippen molar-refractivity contribution < 1.29 is 14.4 Å². The van der Waals surface area contributed by atoms with Gasteiger partial charge in [0, 0.05) is 22.6 Å². The largest absolute Gasteiger partial charge is 0.493 e. The zero-order chi connectivity index (χ0) is 21.7. The Bertz CT molecular complexity index is 1060. The molecule has 3 rings (SSSR count). The van der Waals surface area contributed by atoms with Gasteiger partial charge in [-0.15, -0.1) is 11.3 Å². The standard InChI is InChI=1S/C21H22N4O4S/c1-13(2)29-20-18(25(26)27)9-15(10-19(20)28-4)11-22-24-21-23-17(12-30-21)16-7-5-14(3)6-8-16/h5-13H,1-4H3,(H,23,24)/b22-11-. The van der Waals surface area contributed by atoms with E-state index in [0.29, 0.717) is 10.7 Å². The first-order chi connectivity index (χ1) is 14.4. The Hall–Kier alpha value is -3.46. The average molecular weight is 426 g/mol. The number of nitrogens with one attached hydrogen (secondary N) is 1. The molecule has 0 unspecified atom stereocenters. The summed E-state index contributed by atoms with van der Waals surface area (Å²) < 4.78 is 10.9. The fourth-order valence-electron chi connectivity index (χ4n) is 2.67. The van der Waals surface area contributed by atoms with Crippen LogP contribution >= 0.6 is 11.3 Å². The summed E-state index contributed by atoms with van der Waals surface area (Å²) in [6, 6.07) is 11.1. The van der Waals surface area contributed by atoms with Crippen LogP contribution in [-0.2, 0) is 0 Å². The summed E-state index contributed by atoms with van der Waals surface area (Å²) in [5.74, 6) is 0.375. The summed E-state index contributed by atoms with van der Waals surface area (Å²) in [7, 11) is 1.44. The second kappa shape index (κ2) is 9.36. The highest BCUT2D eigenvalue weighted by molar-refractivity contribution is 7.14. The van der Waals surface area contributed by atoms with Gasteiger partial charge in [0.05, 0.1) is 30.0 Å². The molecular weight excluding hydrogens is 404 g/mol. The average Bonchev–Trinajstić information content (AvgIpc) is 3.17. The highest BCUT2D eigenvalue weighted by Gasteiger charge is 2.23. The molecule has 3 aromatic rings. The number of nitro benzene ring substituents is 1. The van der Waals surface area contributed by atoms with Crippen LogP contribution < -0.4 is 14.9 Å². The van der Waals surface area contributed by atoms with E-state index in [2.05, 4.69) is 15.5 Å². The molecule has 0 bridgehead atoms. The van der Waals surface area contributed by atoms with Crippen LogP contribution in [0.3, 0.4) is 0 Å². The van der Waals surface area contributed by atoms with Gasteiger partial charge in [-0.25, -0.2) is 4.98 Å². The zero-order valence-electron chi connectivity index (χ0n) is 17.1. The lowest BCUT2D eigenvalue weighted by molar-refractivity contribution is -0.386. The Labute approximate surface area is 178 Å². The number of anilines is 1. The predicted molar refractivity (Wildman–Crippen MR) is 119 cm³/mol. The van der Waals surface area contributed by atoms with Gasteiger partial charge in [0.2, 0.25) is 10.9 Å². The monoisotopic (exact) mass is 426 g/mol. The lowest BCUT2D eigenvalue weighted by atomic mass is 10.1. The van der Waals surface area contributed by atoms with E-state index in [9.17, 15) is 10.1 Å². The van der Waals surface area contributed by atoms with Crippen molar-refractivity contribution in [2.24, 2.45) is 5.10 Å². The third-order valence-electron chi connectivity index (χ3n) is 4.05. The van der Waals surface area contributed by atoms with E-state index in [-0.39, 0.29) is 23.3 Å². The molecular formula is C21H22N4O4S. The minimum absolute atomic E-state index is 0.102. The van der Waals surface area contributed by atoms with Gasteiger partial charge in [-0.1, -0.05) is 29.8 Å². The molecule has 0 amide bonds. The van der Waals surface area contributed by atoms with E-state index in [0.717, 1.165) is 11.3 Å². The van der Waals surface area contributed by atoms with Crippen LogP contribution in [0.15, 0.2) is 46.9 Å². The summed E-state index contributed by atoms with van der Waals surface area (Å²) in [6.45, 7) is 5.62. The molecule has 0 aliphatic rings. The minimum Gasteiger partial charge on any atom is -0.493 e. The van der Waals surface area contributed by atoms with Crippen LogP contribution in [0.1, 0.15) is 25.0 Å². The molecule has 156 valence electrons. The number of hydrogen-bond donors (Lipinski definition) is 1. The van der Waals surface area contributed by atoms with Crippen molar-refractivity contribution in [2.45, 2.75) is 26.9 Å². The lowest BCUT2D eigenvalue weighted by Crippen LogP contribution is -2.09. The van der Waals surface area contributed by atoms with E-state index >= 15 is 0 Å². The van der Waals surface area contributed by atoms with Crippen molar-refractivity contribution in [2.75, 3.05) is 12.5 Å². The maximum atomic E-state index is 11.5. The maximum Gasteiger partial charge on any atom is 0.315 e. The Kier molecular flexibility index (Phi) is 6.63. The number of nitrogens with zero attached hydrogens (tertiary/aromatic N) is 3. The van der Waals surface area contributed by atoms with E-state index in [1.807, 2.05) is 36.6 Å². The second-order valence-corrected chi connectivity index (χ2v) is 7.63. The molecule has 2 aromatic carbocycles.